The number of hydrogen-bond acceptors (Lipinski definition) is 2. The summed E-state index contributed by atoms with van der Waals surface area (Å²) in [4.78, 5) is 0. The highest BCUT2D eigenvalue weighted by molar-refractivity contribution is 7.64. The van der Waals surface area contributed by atoms with Crippen LogP contribution in [0.5, 0.6) is 0 Å². The van der Waals surface area contributed by atoms with Crippen molar-refractivity contribution in [2.24, 2.45) is 0 Å². The molecule has 3 heteroatoms. The Balaban J connectivity index is 2.62. The molecule has 2 nitrogen and oxygen atoms in total. The van der Waals surface area contributed by atoms with Gasteiger partial charge in [-0.05, 0) is 19.8 Å². The van der Waals surface area contributed by atoms with Crippen LogP contribution in [0.1, 0.15) is 33.6 Å². The summed E-state index contributed by atoms with van der Waals surface area (Å²) in [6.07, 6.45) is 2.89. The first-order valence-electron chi connectivity index (χ1n) is 4.66. The third kappa shape index (κ3) is 2.11. The minimum Gasteiger partial charge on any atom is -0.390 e. The summed E-state index contributed by atoms with van der Waals surface area (Å²) >= 11 is 0. The average Bonchev–Trinajstić information content (AvgIpc) is 1.96. The van der Waals surface area contributed by atoms with Crippen LogP contribution in [0.25, 0.3) is 0 Å². The fraction of sp³-hybridized carbons (Fsp3) is 1.00. The fourth-order valence-electron chi connectivity index (χ4n) is 1.61. The predicted octanol–water partition coefficient (Wildman–Crippen LogP) is 2.30. The van der Waals surface area contributed by atoms with E-state index in [1.807, 2.05) is 20.8 Å². The summed E-state index contributed by atoms with van der Waals surface area (Å²) in [6, 6.07) is 0. The monoisotopic (exact) mass is 190 g/mol. The Morgan fingerprint density at radius 1 is 1.33 bits per heavy atom. The molecule has 1 rings (SSSR count). The SMILES string of the molecule is CC(C)P1(=O)CCC(C)(O)CC1. The highest BCUT2D eigenvalue weighted by Crippen LogP contribution is 2.56. The van der Waals surface area contributed by atoms with Gasteiger partial charge >= 0.3 is 0 Å². The van der Waals surface area contributed by atoms with E-state index in [-0.39, 0.29) is 0 Å². The summed E-state index contributed by atoms with van der Waals surface area (Å²) in [5, 5.41) is 9.67. The van der Waals surface area contributed by atoms with Crippen molar-refractivity contribution in [2.75, 3.05) is 12.3 Å². The highest BCUT2D eigenvalue weighted by atomic mass is 31.2. The van der Waals surface area contributed by atoms with Gasteiger partial charge in [-0.15, -0.1) is 0 Å². The lowest BCUT2D eigenvalue weighted by Crippen LogP contribution is -2.32. The first-order chi connectivity index (χ1) is 5.36. The number of rotatable bonds is 1. The molecule has 1 heterocycles. The van der Waals surface area contributed by atoms with Gasteiger partial charge in [0.05, 0.1) is 12.7 Å². The highest BCUT2D eigenvalue weighted by Gasteiger charge is 2.36. The van der Waals surface area contributed by atoms with Gasteiger partial charge in [-0.1, -0.05) is 13.8 Å². The van der Waals surface area contributed by atoms with Crippen molar-refractivity contribution in [3.8, 4) is 0 Å². The topological polar surface area (TPSA) is 37.3 Å². The Labute approximate surface area is 74.7 Å². The van der Waals surface area contributed by atoms with Crippen molar-refractivity contribution in [3.05, 3.63) is 0 Å². The van der Waals surface area contributed by atoms with Gasteiger partial charge in [0.2, 0.25) is 0 Å². The fourth-order valence-corrected chi connectivity index (χ4v) is 4.59. The van der Waals surface area contributed by atoms with E-state index in [9.17, 15) is 9.67 Å². The lowest BCUT2D eigenvalue weighted by molar-refractivity contribution is 0.0494. The van der Waals surface area contributed by atoms with Crippen molar-refractivity contribution in [1.29, 1.82) is 0 Å². The molecule has 0 amide bonds. The standard InChI is InChI=1S/C9H19O2P/c1-8(2)12(11)6-4-9(3,10)5-7-12/h8,10H,4-7H2,1-3H3. The second kappa shape index (κ2) is 3.16. The maximum absolute atomic E-state index is 12.1. The van der Waals surface area contributed by atoms with Crippen LogP contribution in [0.3, 0.4) is 0 Å². The first-order valence-corrected chi connectivity index (χ1v) is 6.81. The van der Waals surface area contributed by atoms with Crippen LogP contribution in [0, 0.1) is 0 Å². The summed E-state index contributed by atoms with van der Waals surface area (Å²) in [5.74, 6) is 0. The lowest BCUT2D eigenvalue weighted by atomic mass is 10.0. The number of aliphatic hydroxyl groups is 1. The van der Waals surface area contributed by atoms with Crippen LogP contribution >= 0.6 is 7.14 Å². The minimum atomic E-state index is -1.93. The molecule has 1 N–H and O–H groups in total. The largest absolute Gasteiger partial charge is 0.390 e. The van der Waals surface area contributed by atoms with Crippen molar-refractivity contribution < 1.29 is 9.67 Å². The van der Waals surface area contributed by atoms with Crippen LogP contribution in [-0.2, 0) is 4.57 Å². The molecule has 1 fully saturated rings. The molecule has 12 heavy (non-hydrogen) atoms. The molecular weight excluding hydrogens is 171 g/mol. The normalized spacial score (nSPS) is 43.4. The smallest absolute Gasteiger partial charge is 0.0903 e. The van der Waals surface area contributed by atoms with Crippen molar-refractivity contribution >= 4 is 7.14 Å². The maximum Gasteiger partial charge on any atom is 0.0903 e. The first kappa shape index (κ1) is 10.3. The molecule has 1 aliphatic rings. The molecule has 1 aliphatic heterocycles. The van der Waals surface area contributed by atoms with Crippen molar-refractivity contribution in [2.45, 2.75) is 44.9 Å². The third-order valence-corrected chi connectivity index (χ3v) is 6.84. The Bertz CT molecular complexity index is 195. The molecule has 0 aromatic rings. The van der Waals surface area contributed by atoms with Crippen LogP contribution < -0.4 is 0 Å². The predicted molar refractivity (Wildman–Crippen MR) is 52.3 cm³/mol. The zero-order chi connectivity index (χ0) is 9.41. The molecule has 0 saturated carbocycles. The van der Waals surface area contributed by atoms with E-state index < -0.39 is 12.7 Å². The van der Waals surface area contributed by atoms with Gasteiger partial charge < -0.3 is 9.67 Å². The van der Waals surface area contributed by atoms with E-state index in [4.69, 9.17) is 0 Å². The van der Waals surface area contributed by atoms with E-state index in [0.29, 0.717) is 18.5 Å². The van der Waals surface area contributed by atoms with Gasteiger partial charge in [0.15, 0.2) is 0 Å². The molecule has 72 valence electrons. The van der Waals surface area contributed by atoms with Gasteiger partial charge in [-0.3, -0.25) is 0 Å². The molecule has 0 atom stereocenters. The van der Waals surface area contributed by atoms with Gasteiger partial charge in [0.25, 0.3) is 0 Å². The van der Waals surface area contributed by atoms with E-state index in [1.165, 1.54) is 0 Å². The zero-order valence-corrected chi connectivity index (χ0v) is 9.10. The second-order valence-electron chi connectivity index (χ2n) is 4.49. The molecule has 0 spiro atoms. The molecule has 0 bridgehead atoms. The Morgan fingerprint density at radius 2 is 1.75 bits per heavy atom. The van der Waals surface area contributed by atoms with E-state index >= 15 is 0 Å². The molecule has 0 aliphatic carbocycles. The second-order valence-corrected chi connectivity index (χ2v) is 8.32. The summed E-state index contributed by atoms with van der Waals surface area (Å²) in [6.45, 7) is 5.90. The molecule has 0 aromatic heterocycles. The van der Waals surface area contributed by atoms with Crippen LogP contribution in [-0.4, -0.2) is 28.7 Å². The van der Waals surface area contributed by atoms with Crippen LogP contribution in [0.15, 0.2) is 0 Å². The summed E-state index contributed by atoms with van der Waals surface area (Å²) in [5.41, 5.74) is -0.253. The maximum atomic E-state index is 12.1. The van der Waals surface area contributed by atoms with Crippen molar-refractivity contribution in [1.82, 2.24) is 0 Å². The van der Waals surface area contributed by atoms with Crippen molar-refractivity contribution in [3.63, 3.8) is 0 Å². The van der Waals surface area contributed by atoms with Gasteiger partial charge in [0, 0.05) is 18.0 Å². The molecule has 0 aromatic carbocycles. The molecule has 1 saturated heterocycles. The molecule has 0 unspecified atom stereocenters. The molecular formula is C9H19O2P. The van der Waals surface area contributed by atoms with E-state index in [0.717, 1.165) is 12.3 Å². The summed E-state index contributed by atoms with van der Waals surface area (Å²) in [7, 11) is -1.93. The van der Waals surface area contributed by atoms with Gasteiger partial charge in [-0.2, -0.15) is 0 Å². The lowest BCUT2D eigenvalue weighted by Gasteiger charge is -2.35. The Kier molecular flexibility index (Phi) is 2.70. The minimum absolute atomic E-state index is 0.300. The van der Waals surface area contributed by atoms with Gasteiger partial charge in [-0.25, -0.2) is 0 Å². The summed E-state index contributed by atoms with van der Waals surface area (Å²) < 4.78 is 12.1. The Morgan fingerprint density at radius 3 is 2.08 bits per heavy atom. The van der Waals surface area contributed by atoms with Crippen LogP contribution in [0.4, 0.5) is 0 Å². The number of hydrogen-bond donors (Lipinski definition) is 1. The van der Waals surface area contributed by atoms with E-state index in [2.05, 4.69) is 0 Å². The molecule has 0 radical (unpaired) electrons. The zero-order valence-electron chi connectivity index (χ0n) is 8.21. The quantitative estimate of drug-likeness (QED) is 0.644. The van der Waals surface area contributed by atoms with E-state index in [1.54, 1.807) is 0 Å². The third-order valence-electron chi connectivity index (χ3n) is 3.00. The average molecular weight is 190 g/mol. The van der Waals surface area contributed by atoms with Gasteiger partial charge in [0.1, 0.15) is 0 Å². The van der Waals surface area contributed by atoms with Crippen LogP contribution in [0.2, 0.25) is 0 Å². The Hall–Kier alpha value is 0.190.